The molecule has 0 fully saturated rings. The Morgan fingerprint density at radius 2 is 2.20 bits per heavy atom. The molecular weight excluding hydrogens is 228 g/mol. The van der Waals surface area contributed by atoms with Crippen molar-refractivity contribution in [3.8, 4) is 0 Å². The summed E-state index contributed by atoms with van der Waals surface area (Å²) in [7, 11) is 2.10. The lowest BCUT2D eigenvalue weighted by Gasteiger charge is -2.28. The van der Waals surface area contributed by atoms with Crippen molar-refractivity contribution in [1.29, 1.82) is 0 Å². The van der Waals surface area contributed by atoms with Crippen molar-refractivity contribution in [2.24, 2.45) is 11.1 Å². The minimum Gasteiger partial charge on any atom is -0.330 e. The zero-order valence-corrected chi connectivity index (χ0v) is 11.2. The van der Waals surface area contributed by atoms with Gasteiger partial charge < -0.3 is 10.6 Å². The number of rotatable bonds is 5. The summed E-state index contributed by atoms with van der Waals surface area (Å²) in [5.41, 5.74) is 7.08. The van der Waals surface area contributed by atoms with E-state index in [4.69, 9.17) is 17.3 Å². The number of hydrogen-bond donors (Lipinski definition) is 1. The quantitative estimate of drug-likeness (QED) is 0.866. The van der Waals surface area contributed by atoms with Gasteiger partial charge in [-0.15, -0.1) is 11.3 Å². The van der Waals surface area contributed by atoms with Gasteiger partial charge in [0.25, 0.3) is 0 Å². The molecule has 0 unspecified atom stereocenters. The van der Waals surface area contributed by atoms with E-state index in [9.17, 15) is 0 Å². The van der Waals surface area contributed by atoms with Gasteiger partial charge in [0.2, 0.25) is 0 Å². The second kappa shape index (κ2) is 5.30. The minimum absolute atomic E-state index is 0.164. The summed E-state index contributed by atoms with van der Waals surface area (Å²) in [6, 6.07) is 2.08. The number of nitrogens with zero attached hydrogens (tertiary/aromatic N) is 1. The van der Waals surface area contributed by atoms with E-state index in [1.165, 1.54) is 5.56 Å². The van der Waals surface area contributed by atoms with Crippen LogP contribution in [0.15, 0.2) is 11.4 Å². The third-order valence-electron chi connectivity index (χ3n) is 2.38. The second-order valence-corrected chi connectivity index (χ2v) is 6.28. The van der Waals surface area contributed by atoms with Crippen LogP contribution in [-0.2, 0) is 6.54 Å². The molecule has 1 heterocycles. The van der Waals surface area contributed by atoms with Crippen molar-refractivity contribution in [2.45, 2.75) is 20.4 Å². The molecule has 0 radical (unpaired) electrons. The predicted molar refractivity (Wildman–Crippen MR) is 68.5 cm³/mol. The van der Waals surface area contributed by atoms with Crippen LogP contribution in [-0.4, -0.2) is 25.0 Å². The van der Waals surface area contributed by atoms with Crippen LogP contribution >= 0.6 is 22.9 Å². The first-order valence-electron chi connectivity index (χ1n) is 5.05. The molecule has 1 aromatic heterocycles. The Labute approximate surface area is 101 Å². The largest absolute Gasteiger partial charge is 0.330 e. The van der Waals surface area contributed by atoms with Crippen molar-refractivity contribution in [2.75, 3.05) is 20.1 Å². The molecule has 86 valence electrons. The highest BCUT2D eigenvalue weighted by molar-refractivity contribution is 7.14. The van der Waals surface area contributed by atoms with Crippen LogP contribution < -0.4 is 5.73 Å². The molecule has 4 heteroatoms. The van der Waals surface area contributed by atoms with Crippen molar-refractivity contribution in [1.82, 2.24) is 4.90 Å². The van der Waals surface area contributed by atoms with E-state index < -0.39 is 0 Å². The summed E-state index contributed by atoms with van der Waals surface area (Å²) < 4.78 is 0.896. The molecule has 0 amide bonds. The maximum atomic E-state index is 6.06. The molecule has 2 nitrogen and oxygen atoms in total. The van der Waals surface area contributed by atoms with Crippen LogP contribution in [0.1, 0.15) is 19.4 Å². The van der Waals surface area contributed by atoms with Crippen LogP contribution in [0.25, 0.3) is 0 Å². The Bertz CT molecular complexity index is 309. The summed E-state index contributed by atoms with van der Waals surface area (Å²) in [5.74, 6) is 0. The average Bonchev–Trinajstić information content (AvgIpc) is 2.51. The number of thiophene rings is 1. The number of hydrogen-bond acceptors (Lipinski definition) is 3. The monoisotopic (exact) mass is 246 g/mol. The normalized spacial score (nSPS) is 12.4. The highest BCUT2D eigenvalue weighted by Crippen LogP contribution is 2.24. The molecule has 2 N–H and O–H groups in total. The van der Waals surface area contributed by atoms with Crippen molar-refractivity contribution in [3.63, 3.8) is 0 Å². The minimum atomic E-state index is 0.164. The molecule has 0 saturated heterocycles. The van der Waals surface area contributed by atoms with Crippen molar-refractivity contribution in [3.05, 3.63) is 21.3 Å². The Kier molecular flexibility index (Phi) is 4.59. The number of halogens is 1. The lowest BCUT2D eigenvalue weighted by Crippen LogP contribution is -2.36. The molecule has 15 heavy (non-hydrogen) atoms. The van der Waals surface area contributed by atoms with Crippen molar-refractivity contribution >= 4 is 22.9 Å². The van der Waals surface area contributed by atoms with E-state index in [1.807, 2.05) is 5.38 Å². The molecule has 0 aliphatic rings. The summed E-state index contributed by atoms with van der Waals surface area (Å²) in [6.07, 6.45) is 0. The molecule has 0 aromatic carbocycles. The third-order valence-corrected chi connectivity index (χ3v) is 3.64. The van der Waals surface area contributed by atoms with E-state index in [0.717, 1.165) is 17.4 Å². The van der Waals surface area contributed by atoms with Gasteiger partial charge in [-0.25, -0.2) is 0 Å². The second-order valence-electron chi connectivity index (χ2n) is 4.76. The van der Waals surface area contributed by atoms with Crippen LogP contribution in [0, 0.1) is 5.41 Å². The molecule has 0 aliphatic heterocycles. The lowest BCUT2D eigenvalue weighted by molar-refractivity contribution is 0.210. The fourth-order valence-corrected chi connectivity index (χ4v) is 2.49. The van der Waals surface area contributed by atoms with Crippen LogP contribution in [0.3, 0.4) is 0 Å². The Morgan fingerprint density at radius 1 is 1.53 bits per heavy atom. The molecular formula is C11H19ClN2S. The maximum Gasteiger partial charge on any atom is 0.0973 e. The highest BCUT2D eigenvalue weighted by Gasteiger charge is 2.18. The van der Waals surface area contributed by atoms with E-state index in [2.05, 4.69) is 31.9 Å². The number of nitrogens with two attached hydrogens (primary N) is 1. The smallest absolute Gasteiger partial charge is 0.0973 e. The van der Waals surface area contributed by atoms with Gasteiger partial charge in [-0.05, 0) is 36.0 Å². The molecule has 0 bridgehead atoms. The zero-order valence-electron chi connectivity index (χ0n) is 9.59. The van der Waals surface area contributed by atoms with Crippen LogP contribution in [0.4, 0.5) is 0 Å². The van der Waals surface area contributed by atoms with E-state index in [1.54, 1.807) is 11.3 Å². The molecule has 1 aromatic rings. The first-order valence-corrected chi connectivity index (χ1v) is 6.31. The fraction of sp³-hybridized carbons (Fsp3) is 0.636. The zero-order chi connectivity index (χ0) is 11.5. The van der Waals surface area contributed by atoms with Crippen molar-refractivity contribution < 1.29 is 0 Å². The SMILES string of the molecule is CN(Cc1ccsc1Cl)CC(C)(C)CN. The van der Waals surface area contributed by atoms with Crippen LogP contribution in [0.5, 0.6) is 0 Å². The molecule has 0 saturated carbocycles. The fourth-order valence-electron chi connectivity index (χ4n) is 1.57. The summed E-state index contributed by atoms with van der Waals surface area (Å²) >= 11 is 7.64. The van der Waals surface area contributed by atoms with E-state index >= 15 is 0 Å². The third kappa shape index (κ3) is 4.11. The van der Waals surface area contributed by atoms with Gasteiger partial charge in [0, 0.05) is 13.1 Å². The topological polar surface area (TPSA) is 29.3 Å². The van der Waals surface area contributed by atoms with Gasteiger partial charge in [0.05, 0.1) is 4.34 Å². The molecule has 0 aliphatic carbocycles. The Balaban J connectivity index is 2.50. The summed E-state index contributed by atoms with van der Waals surface area (Å²) in [5, 5.41) is 2.03. The van der Waals surface area contributed by atoms with Crippen LogP contribution in [0.2, 0.25) is 4.34 Å². The van der Waals surface area contributed by atoms with Gasteiger partial charge in [-0.1, -0.05) is 25.4 Å². The first-order chi connectivity index (χ1) is 6.94. The standard InChI is InChI=1S/C11H19ClN2S/c1-11(2,7-13)8-14(3)6-9-4-5-15-10(9)12/h4-5H,6-8,13H2,1-3H3. The molecule has 1 rings (SSSR count). The van der Waals surface area contributed by atoms with Gasteiger partial charge in [0.1, 0.15) is 0 Å². The lowest BCUT2D eigenvalue weighted by atomic mass is 9.93. The Hall–Kier alpha value is -0.0900. The highest BCUT2D eigenvalue weighted by atomic mass is 35.5. The first kappa shape index (κ1) is 13.0. The maximum absolute atomic E-state index is 6.06. The molecule has 0 spiro atoms. The van der Waals surface area contributed by atoms with Gasteiger partial charge in [-0.2, -0.15) is 0 Å². The summed E-state index contributed by atoms with van der Waals surface area (Å²) in [6.45, 7) is 6.94. The Morgan fingerprint density at radius 3 is 2.67 bits per heavy atom. The predicted octanol–water partition coefficient (Wildman–Crippen LogP) is 2.82. The summed E-state index contributed by atoms with van der Waals surface area (Å²) in [4.78, 5) is 2.26. The van der Waals surface area contributed by atoms with Gasteiger partial charge in [-0.3, -0.25) is 0 Å². The molecule has 0 atom stereocenters. The van der Waals surface area contributed by atoms with Gasteiger partial charge >= 0.3 is 0 Å². The van der Waals surface area contributed by atoms with E-state index in [-0.39, 0.29) is 5.41 Å². The van der Waals surface area contributed by atoms with E-state index in [0.29, 0.717) is 6.54 Å². The average molecular weight is 247 g/mol. The van der Waals surface area contributed by atoms with Gasteiger partial charge in [0.15, 0.2) is 0 Å².